The van der Waals surface area contributed by atoms with Gasteiger partial charge in [0.2, 0.25) is 0 Å². The minimum Gasteiger partial charge on any atom is -0.497 e. The highest BCUT2D eigenvalue weighted by atomic mass is 16.5. The smallest absolute Gasteiger partial charge is 0.111 e. The summed E-state index contributed by atoms with van der Waals surface area (Å²) in [7, 11) is 1.61. The van der Waals surface area contributed by atoms with Crippen LogP contribution in [0.5, 0.6) is 0 Å². The first-order chi connectivity index (χ1) is 11.7. The van der Waals surface area contributed by atoms with Gasteiger partial charge in [0.25, 0.3) is 0 Å². The normalized spacial score (nSPS) is 10.9. The van der Waals surface area contributed by atoms with Crippen molar-refractivity contribution in [1.29, 1.82) is 0 Å². The molecule has 0 unspecified atom stereocenters. The van der Waals surface area contributed by atoms with Gasteiger partial charge in [-0.1, -0.05) is 55.1 Å². The van der Waals surface area contributed by atoms with Crippen LogP contribution in [0, 0.1) is 0 Å². The molecule has 0 radical (unpaired) electrons. The molecule has 0 spiro atoms. The fraction of sp³-hybridized carbons (Fsp3) is 0.0952. The Morgan fingerprint density at radius 1 is 1.17 bits per heavy atom. The minimum atomic E-state index is 0.643. The Hall–Kier alpha value is -3.07. The number of hydrogen-bond donors (Lipinski definition) is 1. The Kier molecular flexibility index (Phi) is 4.92. The highest BCUT2D eigenvalue weighted by Gasteiger charge is 1.98. The summed E-state index contributed by atoms with van der Waals surface area (Å²) in [6.07, 6.45) is 5.71. The summed E-state index contributed by atoms with van der Waals surface area (Å²) in [5.74, 6) is 0.643. The van der Waals surface area contributed by atoms with Crippen LogP contribution in [0.25, 0.3) is 17.0 Å². The molecule has 0 aliphatic rings. The molecule has 3 nitrogen and oxygen atoms in total. The first kappa shape index (κ1) is 15.8. The fourth-order valence-electron chi connectivity index (χ4n) is 2.38. The van der Waals surface area contributed by atoms with Crippen molar-refractivity contribution >= 4 is 22.7 Å². The Labute approximate surface area is 142 Å². The third kappa shape index (κ3) is 4.02. The number of anilines is 1. The van der Waals surface area contributed by atoms with E-state index >= 15 is 0 Å². The summed E-state index contributed by atoms with van der Waals surface area (Å²) in [6.45, 7) is 4.52. The van der Waals surface area contributed by atoms with Crippen LogP contribution in [-0.2, 0) is 11.3 Å². The molecule has 3 heteroatoms. The van der Waals surface area contributed by atoms with E-state index in [1.54, 1.807) is 7.11 Å². The predicted octanol–water partition coefficient (Wildman–Crippen LogP) is 5.02. The fourth-order valence-corrected chi connectivity index (χ4v) is 2.38. The first-order valence-corrected chi connectivity index (χ1v) is 7.83. The largest absolute Gasteiger partial charge is 0.497 e. The van der Waals surface area contributed by atoms with Gasteiger partial charge in [-0.3, -0.25) is 4.98 Å². The lowest BCUT2D eigenvalue weighted by Gasteiger charge is -2.07. The molecular weight excluding hydrogens is 296 g/mol. The summed E-state index contributed by atoms with van der Waals surface area (Å²) in [5, 5.41) is 4.56. The molecule has 1 N–H and O–H groups in total. The van der Waals surface area contributed by atoms with E-state index in [2.05, 4.69) is 53.3 Å². The van der Waals surface area contributed by atoms with Crippen LogP contribution >= 0.6 is 0 Å². The number of aromatic nitrogens is 1. The number of para-hydroxylation sites is 1. The van der Waals surface area contributed by atoms with Crippen LogP contribution in [0.4, 0.5) is 5.69 Å². The molecule has 0 bridgehead atoms. The van der Waals surface area contributed by atoms with Gasteiger partial charge in [0.05, 0.1) is 24.5 Å². The van der Waals surface area contributed by atoms with E-state index in [0.29, 0.717) is 5.76 Å². The van der Waals surface area contributed by atoms with Crippen molar-refractivity contribution in [3.63, 3.8) is 0 Å². The van der Waals surface area contributed by atoms with Gasteiger partial charge < -0.3 is 10.1 Å². The van der Waals surface area contributed by atoms with E-state index in [0.717, 1.165) is 28.7 Å². The molecule has 0 atom stereocenters. The van der Waals surface area contributed by atoms with Gasteiger partial charge in [0.1, 0.15) is 5.76 Å². The van der Waals surface area contributed by atoms with Crippen LogP contribution in [0.3, 0.4) is 0 Å². The zero-order valence-corrected chi connectivity index (χ0v) is 13.7. The Morgan fingerprint density at radius 3 is 2.75 bits per heavy atom. The van der Waals surface area contributed by atoms with Crippen molar-refractivity contribution in [2.75, 3.05) is 12.4 Å². The van der Waals surface area contributed by atoms with E-state index in [1.807, 2.05) is 36.5 Å². The summed E-state index contributed by atoms with van der Waals surface area (Å²) in [6, 6.07) is 18.6. The van der Waals surface area contributed by atoms with E-state index in [-0.39, 0.29) is 0 Å². The Balaban J connectivity index is 1.63. The average Bonchev–Trinajstić information content (AvgIpc) is 2.65. The number of methoxy groups -OCH3 is 1. The van der Waals surface area contributed by atoms with Crippen molar-refractivity contribution in [2.45, 2.75) is 6.54 Å². The standard InChI is InChI=1S/C21H20N2O/c1-16(24-2)7-8-17-9-11-18(12-10-17)14-22-20-13-19-5-3-4-6-21(19)23-15-20/h3-13,15,22H,1,14H2,2H3/b8-7+. The zero-order valence-electron chi connectivity index (χ0n) is 13.7. The van der Waals surface area contributed by atoms with Gasteiger partial charge in [0.15, 0.2) is 0 Å². The van der Waals surface area contributed by atoms with Crippen molar-refractivity contribution in [2.24, 2.45) is 0 Å². The van der Waals surface area contributed by atoms with Crippen LogP contribution in [0.2, 0.25) is 0 Å². The van der Waals surface area contributed by atoms with Crippen LogP contribution in [-0.4, -0.2) is 12.1 Å². The monoisotopic (exact) mass is 316 g/mol. The highest BCUT2D eigenvalue weighted by Crippen LogP contribution is 2.17. The molecule has 2 aromatic carbocycles. The van der Waals surface area contributed by atoms with Gasteiger partial charge in [-0.25, -0.2) is 0 Å². The number of pyridine rings is 1. The average molecular weight is 316 g/mol. The number of nitrogens with zero attached hydrogens (tertiary/aromatic N) is 1. The SMILES string of the molecule is C=C(/C=C/c1ccc(CNc2cnc3ccccc3c2)cc1)OC. The van der Waals surface area contributed by atoms with Gasteiger partial charge in [-0.2, -0.15) is 0 Å². The van der Waals surface area contributed by atoms with Crippen LogP contribution in [0.15, 0.2) is 79.2 Å². The lowest BCUT2D eigenvalue weighted by atomic mass is 10.1. The molecule has 1 aromatic heterocycles. The minimum absolute atomic E-state index is 0.643. The van der Waals surface area contributed by atoms with Gasteiger partial charge in [0, 0.05) is 11.9 Å². The summed E-state index contributed by atoms with van der Waals surface area (Å²) in [4.78, 5) is 4.46. The quantitative estimate of drug-likeness (QED) is 0.512. The van der Waals surface area contributed by atoms with Crippen molar-refractivity contribution in [3.05, 3.63) is 90.3 Å². The molecule has 0 saturated carbocycles. The van der Waals surface area contributed by atoms with Crippen molar-refractivity contribution < 1.29 is 4.74 Å². The van der Waals surface area contributed by atoms with Gasteiger partial charge in [-0.05, 0) is 29.3 Å². The molecule has 0 amide bonds. The second-order valence-corrected chi connectivity index (χ2v) is 5.52. The van der Waals surface area contributed by atoms with Gasteiger partial charge >= 0.3 is 0 Å². The lowest BCUT2D eigenvalue weighted by Crippen LogP contribution is -1.99. The summed E-state index contributed by atoms with van der Waals surface area (Å²) < 4.78 is 5.02. The molecule has 3 aromatic rings. The number of rotatable bonds is 6. The van der Waals surface area contributed by atoms with Crippen LogP contribution < -0.4 is 5.32 Å². The van der Waals surface area contributed by atoms with Crippen molar-refractivity contribution in [3.8, 4) is 0 Å². The summed E-state index contributed by atoms with van der Waals surface area (Å²) in [5.41, 5.74) is 4.36. The maximum absolute atomic E-state index is 5.02. The number of hydrogen-bond acceptors (Lipinski definition) is 3. The lowest BCUT2D eigenvalue weighted by molar-refractivity contribution is 0.309. The molecule has 0 fully saturated rings. The molecule has 0 aliphatic heterocycles. The van der Waals surface area contributed by atoms with E-state index < -0.39 is 0 Å². The molecule has 0 aliphatic carbocycles. The molecule has 24 heavy (non-hydrogen) atoms. The first-order valence-electron chi connectivity index (χ1n) is 7.83. The topological polar surface area (TPSA) is 34.2 Å². The van der Waals surface area contributed by atoms with E-state index in [4.69, 9.17) is 4.74 Å². The van der Waals surface area contributed by atoms with Gasteiger partial charge in [-0.15, -0.1) is 0 Å². The molecule has 3 rings (SSSR count). The molecule has 120 valence electrons. The van der Waals surface area contributed by atoms with Crippen molar-refractivity contribution in [1.82, 2.24) is 4.98 Å². The summed E-state index contributed by atoms with van der Waals surface area (Å²) >= 11 is 0. The zero-order chi connectivity index (χ0) is 16.8. The third-order valence-corrected chi connectivity index (χ3v) is 3.79. The second kappa shape index (κ2) is 7.47. The number of ether oxygens (including phenoxy) is 1. The third-order valence-electron chi connectivity index (χ3n) is 3.79. The molecule has 1 heterocycles. The molecule has 0 saturated heterocycles. The number of nitrogens with one attached hydrogen (secondary N) is 1. The van der Waals surface area contributed by atoms with E-state index in [9.17, 15) is 0 Å². The van der Waals surface area contributed by atoms with Crippen LogP contribution in [0.1, 0.15) is 11.1 Å². The van der Waals surface area contributed by atoms with E-state index in [1.165, 1.54) is 5.56 Å². The highest BCUT2D eigenvalue weighted by molar-refractivity contribution is 5.81. The Bertz CT molecular complexity index is 866. The number of benzene rings is 2. The second-order valence-electron chi connectivity index (χ2n) is 5.52. The maximum atomic E-state index is 5.02. The number of fused-ring (bicyclic) bond motifs is 1. The number of allylic oxidation sites excluding steroid dienone is 1. The Morgan fingerprint density at radius 2 is 1.96 bits per heavy atom. The molecular formula is C21H20N2O. The predicted molar refractivity (Wildman–Crippen MR) is 101 cm³/mol. The maximum Gasteiger partial charge on any atom is 0.111 e.